The number of ether oxygens (including phenoxy) is 1. The molecule has 0 aliphatic carbocycles. The number of benzene rings is 1. The van der Waals surface area contributed by atoms with Gasteiger partial charge in [0.2, 0.25) is 11.9 Å². The molecule has 3 heterocycles. The Kier molecular flexibility index (Phi) is 5.54. The summed E-state index contributed by atoms with van der Waals surface area (Å²) in [5.41, 5.74) is 7.61. The number of anilines is 2. The number of aliphatic hydroxyl groups is 3. The summed E-state index contributed by atoms with van der Waals surface area (Å²) in [7, 11) is 0. The molecule has 2 aromatic heterocycles. The Hall–Kier alpha value is -3.92. The predicted molar refractivity (Wildman–Crippen MR) is 110 cm³/mol. The number of nitro groups is 1. The molecule has 0 unspecified atom stereocenters. The van der Waals surface area contributed by atoms with Crippen molar-refractivity contribution >= 4 is 35.0 Å². The van der Waals surface area contributed by atoms with E-state index in [-0.39, 0.29) is 28.7 Å². The Morgan fingerprint density at radius 1 is 1.38 bits per heavy atom. The molecule has 1 saturated heterocycles. The average molecular weight is 446 g/mol. The lowest BCUT2D eigenvalue weighted by molar-refractivity contribution is -0.384. The summed E-state index contributed by atoms with van der Waals surface area (Å²) in [6.07, 6.45) is -4.00. The third kappa shape index (κ3) is 3.76. The average Bonchev–Trinajstić information content (AvgIpc) is 3.25. The van der Waals surface area contributed by atoms with Crippen molar-refractivity contribution in [2.24, 2.45) is 5.10 Å². The highest BCUT2D eigenvalue weighted by Crippen LogP contribution is 2.33. The van der Waals surface area contributed by atoms with Crippen LogP contribution in [0.25, 0.3) is 11.2 Å². The van der Waals surface area contributed by atoms with Crippen LogP contribution in [0.15, 0.2) is 34.2 Å². The maximum Gasteiger partial charge on any atom is 0.280 e. The lowest BCUT2D eigenvalue weighted by Crippen LogP contribution is -2.33. The standard InChI is InChI=1S/C17H18N8O7/c18-16-21-13-10(14(29)22-16)20-17(24(13)15-12(28)11(27)9(6-26)32-15)23-19-5-7-2-1-3-8(4-7)25(30)31/h1-5,9,11-12,15,26-28H,6H2,(H,20,23)(H3,18,21,22,29)/t9-,11-,12-,15-/m1/s1. The molecular formula is C17H18N8O7. The molecule has 3 aromatic rings. The van der Waals surface area contributed by atoms with Crippen LogP contribution < -0.4 is 16.7 Å². The first-order chi connectivity index (χ1) is 15.3. The Labute approximate surface area is 177 Å². The number of nitro benzene ring substituents is 1. The van der Waals surface area contributed by atoms with Gasteiger partial charge in [-0.1, -0.05) is 12.1 Å². The number of aromatic nitrogens is 4. The molecule has 0 bridgehead atoms. The number of nitrogen functional groups attached to an aromatic ring is 1. The molecule has 1 aliphatic heterocycles. The van der Waals surface area contributed by atoms with Gasteiger partial charge in [0.25, 0.3) is 11.2 Å². The number of nitrogens with zero attached hydrogens (tertiary/aromatic N) is 5. The number of nitrogens with one attached hydrogen (secondary N) is 2. The molecule has 4 atom stereocenters. The van der Waals surface area contributed by atoms with E-state index in [9.17, 15) is 30.2 Å². The number of imidazole rings is 1. The third-order valence-electron chi connectivity index (χ3n) is 4.80. The molecular weight excluding hydrogens is 428 g/mol. The van der Waals surface area contributed by atoms with Crippen LogP contribution in [0.3, 0.4) is 0 Å². The fraction of sp³-hybridized carbons (Fsp3) is 0.294. The van der Waals surface area contributed by atoms with E-state index in [1.54, 1.807) is 6.07 Å². The smallest absolute Gasteiger partial charge is 0.280 e. The SMILES string of the molecule is Nc1nc2c(nc(NN=Cc3cccc([N+](=O)[O-])c3)n2[C@@H]2O[C@H](CO)[C@@H](O)[C@H]2O)c(=O)[nH]1. The quantitative estimate of drug-likeness (QED) is 0.148. The maximum absolute atomic E-state index is 12.3. The summed E-state index contributed by atoms with van der Waals surface area (Å²) in [6.45, 7) is -0.564. The van der Waals surface area contributed by atoms with E-state index in [1.807, 2.05) is 0 Å². The van der Waals surface area contributed by atoms with Crippen molar-refractivity contribution in [2.75, 3.05) is 17.8 Å². The van der Waals surface area contributed by atoms with E-state index in [0.29, 0.717) is 5.56 Å². The first-order valence-corrected chi connectivity index (χ1v) is 9.24. The lowest BCUT2D eigenvalue weighted by atomic mass is 10.1. The number of aliphatic hydroxyl groups excluding tert-OH is 3. The zero-order chi connectivity index (χ0) is 23.0. The second-order valence-electron chi connectivity index (χ2n) is 6.88. The molecule has 15 heteroatoms. The van der Waals surface area contributed by atoms with Gasteiger partial charge in [-0.05, 0) is 0 Å². The van der Waals surface area contributed by atoms with Gasteiger partial charge in [0.05, 0.1) is 17.7 Å². The minimum Gasteiger partial charge on any atom is -0.394 e. The first kappa shape index (κ1) is 21.3. The van der Waals surface area contributed by atoms with Gasteiger partial charge in [-0.3, -0.25) is 24.5 Å². The van der Waals surface area contributed by atoms with E-state index in [0.717, 1.165) is 0 Å². The summed E-state index contributed by atoms with van der Waals surface area (Å²) in [5, 5.41) is 44.8. The fourth-order valence-corrected chi connectivity index (χ4v) is 3.30. The number of hydrogen-bond donors (Lipinski definition) is 6. The molecule has 1 fully saturated rings. The van der Waals surface area contributed by atoms with Crippen molar-refractivity contribution in [2.45, 2.75) is 24.5 Å². The second-order valence-corrected chi connectivity index (χ2v) is 6.88. The summed E-state index contributed by atoms with van der Waals surface area (Å²) >= 11 is 0. The van der Waals surface area contributed by atoms with Crippen molar-refractivity contribution in [1.29, 1.82) is 0 Å². The number of fused-ring (bicyclic) bond motifs is 1. The van der Waals surface area contributed by atoms with Gasteiger partial charge in [0.1, 0.15) is 18.3 Å². The Balaban J connectivity index is 1.74. The molecule has 4 rings (SSSR count). The molecule has 1 aromatic carbocycles. The molecule has 15 nitrogen and oxygen atoms in total. The Morgan fingerprint density at radius 3 is 2.84 bits per heavy atom. The summed E-state index contributed by atoms with van der Waals surface area (Å²) < 4.78 is 6.70. The van der Waals surface area contributed by atoms with E-state index in [4.69, 9.17) is 10.5 Å². The van der Waals surface area contributed by atoms with Crippen LogP contribution in [0.4, 0.5) is 17.6 Å². The van der Waals surface area contributed by atoms with Gasteiger partial charge in [-0.15, -0.1) is 0 Å². The number of aromatic amines is 1. The van der Waals surface area contributed by atoms with Crippen molar-refractivity contribution in [3.63, 3.8) is 0 Å². The van der Waals surface area contributed by atoms with E-state index in [1.165, 1.54) is 29.0 Å². The van der Waals surface area contributed by atoms with E-state index >= 15 is 0 Å². The van der Waals surface area contributed by atoms with Gasteiger partial charge >= 0.3 is 0 Å². The van der Waals surface area contributed by atoms with Crippen molar-refractivity contribution in [3.05, 3.63) is 50.3 Å². The van der Waals surface area contributed by atoms with E-state index < -0.39 is 41.6 Å². The van der Waals surface area contributed by atoms with Crippen LogP contribution in [0.5, 0.6) is 0 Å². The zero-order valence-electron chi connectivity index (χ0n) is 16.2. The molecule has 32 heavy (non-hydrogen) atoms. The highest BCUT2D eigenvalue weighted by molar-refractivity contribution is 5.81. The molecule has 0 saturated carbocycles. The fourth-order valence-electron chi connectivity index (χ4n) is 3.30. The van der Waals surface area contributed by atoms with Crippen molar-refractivity contribution < 1.29 is 25.0 Å². The molecule has 168 valence electrons. The normalized spacial score (nSPS) is 23.2. The number of hydrogen-bond acceptors (Lipinski definition) is 12. The monoisotopic (exact) mass is 446 g/mol. The Bertz CT molecular complexity index is 1260. The largest absolute Gasteiger partial charge is 0.394 e. The van der Waals surface area contributed by atoms with Crippen LogP contribution in [-0.4, -0.2) is 70.9 Å². The predicted octanol–water partition coefficient (Wildman–Crippen LogP) is -1.33. The van der Waals surface area contributed by atoms with Gasteiger partial charge < -0.3 is 25.8 Å². The minimum atomic E-state index is -1.49. The molecule has 0 radical (unpaired) electrons. The first-order valence-electron chi connectivity index (χ1n) is 9.24. The zero-order valence-corrected chi connectivity index (χ0v) is 16.2. The second kappa shape index (κ2) is 8.31. The van der Waals surface area contributed by atoms with E-state index in [2.05, 4.69) is 25.5 Å². The molecule has 0 amide bonds. The minimum absolute atomic E-state index is 0.0610. The lowest BCUT2D eigenvalue weighted by Gasteiger charge is -2.18. The van der Waals surface area contributed by atoms with Crippen molar-refractivity contribution in [3.8, 4) is 0 Å². The molecule has 7 N–H and O–H groups in total. The molecule has 0 spiro atoms. The summed E-state index contributed by atoms with van der Waals surface area (Å²) in [5.74, 6) is -0.317. The number of H-pyrrole nitrogens is 1. The number of nitrogens with two attached hydrogens (primary N) is 1. The molecule has 1 aliphatic rings. The number of non-ortho nitro benzene ring substituents is 1. The van der Waals surface area contributed by atoms with Crippen LogP contribution in [0.2, 0.25) is 0 Å². The van der Waals surface area contributed by atoms with Crippen LogP contribution >= 0.6 is 0 Å². The Morgan fingerprint density at radius 2 is 2.16 bits per heavy atom. The number of rotatable bonds is 6. The third-order valence-corrected chi connectivity index (χ3v) is 4.80. The topological polar surface area (TPSA) is 227 Å². The highest BCUT2D eigenvalue weighted by Gasteiger charge is 2.45. The highest BCUT2D eigenvalue weighted by atomic mass is 16.6. The van der Waals surface area contributed by atoms with Crippen molar-refractivity contribution in [1.82, 2.24) is 19.5 Å². The maximum atomic E-state index is 12.3. The van der Waals surface area contributed by atoms with Gasteiger partial charge in [-0.2, -0.15) is 10.1 Å². The number of hydrazone groups is 1. The van der Waals surface area contributed by atoms with Gasteiger partial charge in [0, 0.05) is 17.7 Å². The van der Waals surface area contributed by atoms with Gasteiger partial charge in [0.15, 0.2) is 17.4 Å². The van der Waals surface area contributed by atoms with Crippen LogP contribution in [0.1, 0.15) is 11.8 Å². The summed E-state index contributed by atoms with van der Waals surface area (Å²) in [6, 6.07) is 5.70. The van der Waals surface area contributed by atoms with Crippen LogP contribution in [0, 0.1) is 10.1 Å². The summed E-state index contributed by atoms with van der Waals surface area (Å²) in [4.78, 5) is 33.1. The van der Waals surface area contributed by atoms with Crippen LogP contribution in [-0.2, 0) is 4.74 Å². The van der Waals surface area contributed by atoms with Gasteiger partial charge in [-0.25, -0.2) is 10.4 Å².